The van der Waals surface area contributed by atoms with Crippen LogP contribution in [0.3, 0.4) is 0 Å². The average molecular weight is 277 g/mol. The van der Waals surface area contributed by atoms with Gasteiger partial charge in [-0.05, 0) is 41.8 Å². The summed E-state index contributed by atoms with van der Waals surface area (Å²) < 4.78 is 5.96. The van der Waals surface area contributed by atoms with Gasteiger partial charge in [-0.3, -0.25) is 0 Å². The van der Waals surface area contributed by atoms with E-state index in [-0.39, 0.29) is 12.7 Å². The van der Waals surface area contributed by atoms with Crippen molar-refractivity contribution < 1.29 is 9.84 Å². The SMILES string of the molecule is CCC(Oc1ccc(CO)cc1)c1ccc(Cl)cc1. The third-order valence-electron chi connectivity index (χ3n) is 3.00. The topological polar surface area (TPSA) is 29.5 Å². The Morgan fingerprint density at radius 3 is 2.21 bits per heavy atom. The molecule has 0 aromatic heterocycles. The monoisotopic (exact) mass is 276 g/mol. The van der Waals surface area contributed by atoms with E-state index >= 15 is 0 Å². The molecule has 100 valence electrons. The molecule has 0 aliphatic carbocycles. The molecule has 0 heterocycles. The molecule has 1 N–H and O–H groups in total. The van der Waals surface area contributed by atoms with Crippen molar-refractivity contribution in [3.05, 3.63) is 64.7 Å². The molecule has 2 aromatic rings. The number of benzene rings is 2. The molecule has 0 fully saturated rings. The van der Waals surface area contributed by atoms with E-state index in [2.05, 4.69) is 6.92 Å². The van der Waals surface area contributed by atoms with Crippen LogP contribution in [0.5, 0.6) is 5.75 Å². The molecule has 19 heavy (non-hydrogen) atoms. The minimum absolute atomic E-state index is 0.0113. The second-order valence-electron chi connectivity index (χ2n) is 4.37. The molecular weight excluding hydrogens is 260 g/mol. The first-order valence-corrected chi connectivity index (χ1v) is 6.72. The van der Waals surface area contributed by atoms with Crippen molar-refractivity contribution in [2.24, 2.45) is 0 Å². The lowest BCUT2D eigenvalue weighted by Crippen LogP contribution is -2.06. The molecule has 2 rings (SSSR count). The maximum atomic E-state index is 9.01. The van der Waals surface area contributed by atoms with E-state index in [1.54, 1.807) is 0 Å². The van der Waals surface area contributed by atoms with Gasteiger partial charge >= 0.3 is 0 Å². The van der Waals surface area contributed by atoms with Crippen LogP contribution in [-0.4, -0.2) is 5.11 Å². The third-order valence-corrected chi connectivity index (χ3v) is 3.25. The Hall–Kier alpha value is -1.51. The second kappa shape index (κ2) is 6.60. The number of hydrogen-bond acceptors (Lipinski definition) is 2. The Labute approximate surface area is 118 Å². The zero-order chi connectivity index (χ0) is 13.7. The summed E-state index contributed by atoms with van der Waals surface area (Å²) in [7, 11) is 0. The van der Waals surface area contributed by atoms with Crippen LogP contribution in [0.15, 0.2) is 48.5 Å². The molecule has 0 saturated heterocycles. The van der Waals surface area contributed by atoms with Crippen molar-refractivity contribution in [2.75, 3.05) is 0 Å². The predicted octanol–water partition coefficient (Wildman–Crippen LogP) is 4.36. The van der Waals surface area contributed by atoms with Gasteiger partial charge in [-0.25, -0.2) is 0 Å². The van der Waals surface area contributed by atoms with Crippen LogP contribution >= 0.6 is 11.6 Å². The van der Waals surface area contributed by atoms with Crippen molar-refractivity contribution in [3.63, 3.8) is 0 Å². The molecule has 0 radical (unpaired) electrons. The molecule has 3 heteroatoms. The van der Waals surface area contributed by atoms with Crippen LogP contribution < -0.4 is 4.74 Å². The summed E-state index contributed by atoms with van der Waals surface area (Å²) in [6.07, 6.45) is 0.890. The molecule has 0 amide bonds. The highest BCUT2D eigenvalue weighted by atomic mass is 35.5. The molecule has 0 aliphatic heterocycles. The molecule has 0 aliphatic rings. The molecule has 2 nitrogen and oxygen atoms in total. The highest BCUT2D eigenvalue weighted by Gasteiger charge is 2.11. The fourth-order valence-corrected chi connectivity index (χ4v) is 2.03. The zero-order valence-electron chi connectivity index (χ0n) is 10.8. The number of rotatable bonds is 5. The van der Waals surface area contributed by atoms with Crippen LogP contribution in [0, 0.1) is 0 Å². The Morgan fingerprint density at radius 2 is 1.68 bits per heavy atom. The first-order valence-electron chi connectivity index (χ1n) is 6.35. The summed E-state index contributed by atoms with van der Waals surface area (Å²) >= 11 is 5.89. The summed E-state index contributed by atoms with van der Waals surface area (Å²) in [6, 6.07) is 15.2. The van der Waals surface area contributed by atoms with Gasteiger partial charge in [0.1, 0.15) is 11.9 Å². The fourth-order valence-electron chi connectivity index (χ4n) is 1.90. The van der Waals surface area contributed by atoms with Crippen molar-refractivity contribution in [2.45, 2.75) is 26.1 Å². The highest BCUT2D eigenvalue weighted by Crippen LogP contribution is 2.26. The van der Waals surface area contributed by atoms with E-state index in [1.165, 1.54) is 0 Å². The largest absolute Gasteiger partial charge is 0.486 e. The summed E-state index contributed by atoms with van der Waals surface area (Å²) in [5, 5.41) is 9.73. The number of aliphatic hydroxyl groups excluding tert-OH is 1. The smallest absolute Gasteiger partial charge is 0.123 e. The Bertz CT molecular complexity index is 505. The summed E-state index contributed by atoms with van der Waals surface area (Å²) in [4.78, 5) is 0. The van der Waals surface area contributed by atoms with Gasteiger partial charge in [0, 0.05) is 5.02 Å². The maximum absolute atomic E-state index is 9.01. The minimum Gasteiger partial charge on any atom is -0.486 e. The molecule has 0 spiro atoms. The van der Waals surface area contributed by atoms with E-state index in [9.17, 15) is 0 Å². The van der Waals surface area contributed by atoms with Gasteiger partial charge in [-0.2, -0.15) is 0 Å². The normalized spacial score (nSPS) is 12.2. The molecule has 1 atom stereocenters. The lowest BCUT2D eigenvalue weighted by molar-refractivity contribution is 0.201. The van der Waals surface area contributed by atoms with Gasteiger partial charge in [0.25, 0.3) is 0 Å². The van der Waals surface area contributed by atoms with Crippen LogP contribution in [0.25, 0.3) is 0 Å². The first kappa shape index (κ1) is 13.9. The Morgan fingerprint density at radius 1 is 1.05 bits per heavy atom. The van der Waals surface area contributed by atoms with E-state index in [0.717, 1.165) is 28.3 Å². The molecule has 0 saturated carbocycles. The summed E-state index contributed by atoms with van der Waals surface area (Å²) in [5.74, 6) is 0.805. The third kappa shape index (κ3) is 3.72. The number of hydrogen-bond donors (Lipinski definition) is 1. The lowest BCUT2D eigenvalue weighted by atomic mass is 10.1. The molecule has 1 unspecified atom stereocenters. The van der Waals surface area contributed by atoms with Crippen molar-refractivity contribution in [1.82, 2.24) is 0 Å². The number of halogens is 1. The number of aliphatic hydroxyl groups is 1. The van der Waals surface area contributed by atoms with Gasteiger partial charge in [0.05, 0.1) is 6.61 Å². The van der Waals surface area contributed by atoms with Crippen LogP contribution in [0.4, 0.5) is 0 Å². The average Bonchev–Trinajstić information content (AvgIpc) is 2.46. The fraction of sp³-hybridized carbons (Fsp3) is 0.250. The maximum Gasteiger partial charge on any atom is 0.123 e. The van der Waals surface area contributed by atoms with Crippen molar-refractivity contribution in [1.29, 1.82) is 0 Å². The second-order valence-corrected chi connectivity index (χ2v) is 4.80. The summed E-state index contributed by atoms with van der Waals surface area (Å²) in [5.41, 5.74) is 1.99. The van der Waals surface area contributed by atoms with Crippen molar-refractivity contribution >= 4 is 11.6 Å². The number of ether oxygens (including phenoxy) is 1. The van der Waals surface area contributed by atoms with Crippen LogP contribution in [0.2, 0.25) is 5.02 Å². The van der Waals surface area contributed by atoms with Gasteiger partial charge in [-0.15, -0.1) is 0 Å². The van der Waals surface area contributed by atoms with E-state index < -0.39 is 0 Å². The van der Waals surface area contributed by atoms with E-state index in [0.29, 0.717) is 0 Å². The van der Waals surface area contributed by atoms with E-state index in [4.69, 9.17) is 21.4 Å². The van der Waals surface area contributed by atoms with Gasteiger partial charge in [0.2, 0.25) is 0 Å². The lowest BCUT2D eigenvalue weighted by Gasteiger charge is -2.18. The van der Waals surface area contributed by atoms with Crippen LogP contribution in [0.1, 0.15) is 30.6 Å². The summed E-state index contributed by atoms with van der Waals surface area (Å²) in [6.45, 7) is 2.13. The molecule has 0 bridgehead atoms. The Balaban J connectivity index is 2.11. The predicted molar refractivity (Wildman–Crippen MR) is 77.5 cm³/mol. The van der Waals surface area contributed by atoms with Gasteiger partial charge < -0.3 is 9.84 Å². The quantitative estimate of drug-likeness (QED) is 0.879. The van der Waals surface area contributed by atoms with Gasteiger partial charge in [0.15, 0.2) is 0 Å². The first-order chi connectivity index (χ1) is 9.22. The van der Waals surface area contributed by atoms with Gasteiger partial charge in [-0.1, -0.05) is 42.8 Å². The zero-order valence-corrected chi connectivity index (χ0v) is 11.6. The standard InChI is InChI=1S/C16H17ClO2/c1-2-16(13-5-7-14(17)8-6-13)19-15-9-3-12(11-18)4-10-15/h3-10,16,18H,2,11H2,1H3. The van der Waals surface area contributed by atoms with Crippen LogP contribution in [-0.2, 0) is 6.61 Å². The molecular formula is C16H17ClO2. The van der Waals surface area contributed by atoms with Crippen molar-refractivity contribution in [3.8, 4) is 5.75 Å². The van der Waals surface area contributed by atoms with E-state index in [1.807, 2.05) is 48.5 Å². The highest BCUT2D eigenvalue weighted by molar-refractivity contribution is 6.30. The Kier molecular flexibility index (Phi) is 4.83. The minimum atomic E-state index is 0.0113. The molecule has 2 aromatic carbocycles.